The van der Waals surface area contributed by atoms with Crippen LogP contribution in [0.3, 0.4) is 0 Å². The summed E-state index contributed by atoms with van der Waals surface area (Å²) in [6.07, 6.45) is 1.20. The van der Waals surface area contributed by atoms with Gasteiger partial charge >= 0.3 is 0 Å². The number of hydrogen-bond acceptors (Lipinski definition) is 5. The topological polar surface area (TPSA) is 51.2 Å². The molecule has 1 N–H and O–H groups in total. The van der Waals surface area contributed by atoms with Crippen LogP contribution in [0.4, 0.5) is 5.13 Å². The zero-order valence-electron chi connectivity index (χ0n) is 13.9. The van der Waals surface area contributed by atoms with Gasteiger partial charge in [0.25, 0.3) is 0 Å². The van der Waals surface area contributed by atoms with Crippen molar-refractivity contribution >= 4 is 67.6 Å². The third-order valence-corrected chi connectivity index (χ3v) is 6.40. The molecule has 1 aromatic heterocycles. The first kappa shape index (κ1) is 19.3. The molecule has 4 nitrogen and oxygen atoms in total. The number of nitrogens with zero attached hydrogens (tertiary/aromatic N) is 1. The molecule has 0 saturated heterocycles. The largest absolute Gasteiger partial charge is 0.497 e. The van der Waals surface area contributed by atoms with Gasteiger partial charge in [-0.25, -0.2) is 4.98 Å². The van der Waals surface area contributed by atoms with Gasteiger partial charge in [0.05, 0.1) is 21.9 Å². The van der Waals surface area contributed by atoms with Crippen molar-refractivity contribution in [1.29, 1.82) is 0 Å². The summed E-state index contributed by atoms with van der Waals surface area (Å²) in [6, 6.07) is 11.3. The average molecular weight is 427 g/mol. The molecule has 26 heavy (non-hydrogen) atoms. The third-order valence-electron chi connectivity index (χ3n) is 3.57. The first-order chi connectivity index (χ1) is 12.6. The van der Waals surface area contributed by atoms with E-state index >= 15 is 0 Å². The van der Waals surface area contributed by atoms with Crippen LogP contribution in [0, 0.1) is 0 Å². The Morgan fingerprint density at radius 1 is 1.19 bits per heavy atom. The van der Waals surface area contributed by atoms with Gasteiger partial charge in [-0.15, -0.1) is 11.8 Å². The minimum Gasteiger partial charge on any atom is -0.497 e. The van der Waals surface area contributed by atoms with Crippen molar-refractivity contribution in [2.45, 2.75) is 17.7 Å². The third kappa shape index (κ3) is 4.82. The fraction of sp³-hybridized carbons (Fsp3) is 0.222. The molecule has 0 atom stereocenters. The number of methoxy groups -OCH3 is 1. The van der Waals surface area contributed by atoms with Gasteiger partial charge in [0.15, 0.2) is 5.13 Å². The molecule has 1 heterocycles. The highest BCUT2D eigenvalue weighted by atomic mass is 35.5. The maximum Gasteiger partial charge on any atom is 0.226 e. The summed E-state index contributed by atoms with van der Waals surface area (Å²) in [4.78, 5) is 17.6. The predicted molar refractivity (Wildman–Crippen MR) is 111 cm³/mol. The first-order valence-corrected chi connectivity index (χ1v) is 10.4. The molecule has 0 fully saturated rings. The van der Waals surface area contributed by atoms with Gasteiger partial charge in [0, 0.05) is 11.3 Å². The van der Waals surface area contributed by atoms with E-state index in [1.807, 2.05) is 24.3 Å². The number of halogens is 2. The van der Waals surface area contributed by atoms with Gasteiger partial charge in [0.1, 0.15) is 11.3 Å². The SMILES string of the molecule is COc1ccc(SCCCC(=O)Nc2nc3c(Cl)ccc(Cl)c3s2)cc1. The summed E-state index contributed by atoms with van der Waals surface area (Å²) in [7, 11) is 1.65. The zero-order chi connectivity index (χ0) is 18.5. The second kappa shape index (κ2) is 8.95. The van der Waals surface area contributed by atoms with Gasteiger partial charge in [-0.3, -0.25) is 4.79 Å². The van der Waals surface area contributed by atoms with E-state index in [-0.39, 0.29) is 5.91 Å². The highest BCUT2D eigenvalue weighted by Crippen LogP contribution is 2.36. The maximum atomic E-state index is 12.1. The van der Waals surface area contributed by atoms with E-state index in [1.54, 1.807) is 31.0 Å². The Hall–Kier alpha value is -1.47. The van der Waals surface area contributed by atoms with Crippen molar-refractivity contribution in [2.24, 2.45) is 0 Å². The Balaban J connectivity index is 1.48. The van der Waals surface area contributed by atoms with Crippen molar-refractivity contribution in [3.05, 3.63) is 46.4 Å². The number of hydrogen-bond donors (Lipinski definition) is 1. The van der Waals surface area contributed by atoms with Crippen LogP contribution >= 0.6 is 46.3 Å². The molecule has 0 saturated carbocycles. The number of thiazole rings is 1. The van der Waals surface area contributed by atoms with Crippen LogP contribution in [-0.4, -0.2) is 23.8 Å². The van der Waals surface area contributed by atoms with Crippen LogP contribution < -0.4 is 10.1 Å². The first-order valence-electron chi connectivity index (χ1n) is 7.88. The molecule has 0 bridgehead atoms. The molecule has 0 unspecified atom stereocenters. The molecular formula is C18H16Cl2N2O2S2. The number of carbonyl (C=O) groups excluding carboxylic acids is 1. The molecule has 0 aliphatic carbocycles. The Kier molecular flexibility index (Phi) is 6.64. The van der Waals surface area contributed by atoms with Crippen molar-refractivity contribution in [3.63, 3.8) is 0 Å². The van der Waals surface area contributed by atoms with Gasteiger partial charge in [-0.05, 0) is 48.6 Å². The highest BCUT2D eigenvalue weighted by molar-refractivity contribution is 7.99. The van der Waals surface area contributed by atoms with E-state index in [0.29, 0.717) is 27.1 Å². The van der Waals surface area contributed by atoms with E-state index in [9.17, 15) is 4.79 Å². The lowest BCUT2D eigenvalue weighted by Gasteiger charge is -2.04. The number of carbonyl (C=O) groups is 1. The number of amides is 1. The Morgan fingerprint density at radius 2 is 1.92 bits per heavy atom. The van der Waals surface area contributed by atoms with Gasteiger partial charge in [-0.1, -0.05) is 34.5 Å². The summed E-state index contributed by atoms with van der Waals surface area (Å²) in [6.45, 7) is 0. The number of rotatable bonds is 7. The lowest BCUT2D eigenvalue weighted by molar-refractivity contribution is -0.116. The molecule has 136 valence electrons. The Morgan fingerprint density at radius 3 is 2.62 bits per heavy atom. The quantitative estimate of drug-likeness (QED) is 0.364. The van der Waals surface area contributed by atoms with Crippen molar-refractivity contribution in [1.82, 2.24) is 4.98 Å². The van der Waals surface area contributed by atoms with Crippen molar-refractivity contribution < 1.29 is 9.53 Å². The van der Waals surface area contributed by atoms with Crippen molar-refractivity contribution in [2.75, 3.05) is 18.2 Å². The summed E-state index contributed by atoms with van der Waals surface area (Å²) in [5.41, 5.74) is 0.620. The maximum absolute atomic E-state index is 12.1. The summed E-state index contributed by atoms with van der Waals surface area (Å²) in [5, 5.41) is 4.45. The molecule has 0 aliphatic heterocycles. The Bertz CT molecular complexity index is 874. The minimum atomic E-state index is -0.0633. The number of aromatic nitrogens is 1. The standard InChI is InChI=1S/C18H16Cl2N2O2S2/c1-24-11-4-6-12(7-5-11)25-10-2-3-15(23)21-18-22-16-13(19)8-9-14(20)17(16)26-18/h4-9H,2-3,10H2,1H3,(H,21,22,23). The van der Waals surface area contributed by atoms with Crippen LogP contribution in [-0.2, 0) is 4.79 Å². The molecule has 0 radical (unpaired) electrons. The molecule has 3 rings (SSSR count). The number of benzene rings is 2. The fourth-order valence-corrected chi connectivity index (χ4v) is 4.56. The lowest BCUT2D eigenvalue weighted by Crippen LogP contribution is -2.11. The lowest BCUT2D eigenvalue weighted by atomic mass is 10.3. The summed E-state index contributed by atoms with van der Waals surface area (Å²) >= 11 is 15.3. The minimum absolute atomic E-state index is 0.0633. The molecule has 0 aliphatic rings. The van der Waals surface area contributed by atoms with E-state index < -0.39 is 0 Å². The smallest absolute Gasteiger partial charge is 0.226 e. The molecule has 0 spiro atoms. The second-order valence-corrected chi connectivity index (χ2v) is 8.38. The molecule has 8 heteroatoms. The van der Waals surface area contributed by atoms with Crippen LogP contribution in [0.5, 0.6) is 5.75 Å². The predicted octanol–water partition coefficient (Wildman–Crippen LogP) is 6.12. The van der Waals surface area contributed by atoms with Gasteiger partial charge in [0.2, 0.25) is 5.91 Å². The Labute approximate surface area is 169 Å². The van der Waals surface area contributed by atoms with Crippen LogP contribution in [0.1, 0.15) is 12.8 Å². The number of thioether (sulfide) groups is 1. The van der Waals surface area contributed by atoms with Crippen LogP contribution in [0.15, 0.2) is 41.3 Å². The van der Waals surface area contributed by atoms with E-state index in [0.717, 1.165) is 27.5 Å². The average Bonchev–Trinajstić information content (AvgIpc) is 3.07. The van der Waals surface area contributed by atoms with Crippen molar-refractivity contribution in [3.8, 4) is 5.75 Å². The monoisotopic (exact) mass is 426 g/mol. The van der Waals surface area contributed by atoms with E-state index in [4.69, 9.17) is 27.9 Å². The van der Waals surface area contributed by atoms with Crippen LogP contribution in [0.25, 0.3) is 10.2 Å². The molecule has 1 amide bonds. The molecule has 2 aromatic carbocycles. The summed E-state index contributed by atoms with van der Waals surface area (Å²) in [5.74, 6) is 1.63. The highest BCUT2D eigenvalue weighted by Gasteiger charge is 2.12. The number of ether oxygens (including phenoxy) is 1. The number of fused-ring (bicyclic) bond motifs is 1. The van der Waals surface area contributed by atoms with Gasteiger partial charge in [-0.2, -0.15) is 0 Å². The summed E-state index contributed by atoms with van der Waals surface area (Å²) < 4.78 is 5.92. The zero-order valence-corrected chi connectivity index (χ0v) is 17.1. The van der Waals surface area contributed by atoms with E-state index in [1.165, 1.54) is 11.3 Å². The second-order valence-electron chi connectivity index (χ2n) is 5.40. The fourth-order valence-electron chi connectivity index (χ4n) is 2.27. The van der Waals surface area contributed by atoms with Crippen LogP contribution in [0.2, 0.25) is 10.0 Å². The molecule has 3 aromatic rings. The normalized spacial score (nSPS) is 10.9. The molecular weight excluding hydrogens is 411 g/mol. The van der Waals surface area contributed by atoms with E-state index in [2.05, 4.69) is 10.3 Å². The number of anilines is 1. The number of nitrogens with one attached hydrogen (secondary N) is 1. The van der Waals surface area contributed by atoms with Gasteiger partial charge < -0.3 is 10.1 Å².